The summed E-state index contributed by atoms with van der Waals surface area (Å²) in [4.78, 5) is 33.9. The van der Waals surface area contributed by atoms with Gasteiger partial charge < -0.3 is 9.64 Å². The van der Waals surface area contributed by atoms with Crippen molar-refractivity contribution in [1.82, 2.24) is 9.21 Å². The van der Waals surface area contributed by atoms with Crippen molar-refractivity contribution >= 4 is 27.6 Å². The molecule has 2 rings (SSSR count). The average molecular weight is 467 g/mol. The molecule has 172 valence electrons. The number of benzene rings is 1. The van der Waals surface area contributed by atoms with E-state index in [1.807, 2.05) is 0 Å². The van der Waals surface area contributed by atoms with Crippen LogP contribution in [0.2, 0.25) is 0 Å². The third-order valence-electron chi connectivity index (χ3n) is 4.64. The first-order chi connectivity index (χ1) is 14.3. The summed E-state index contributed by atoms with van der Waals surface area (Å²) in [6.45, 7) is 1.35. The zero-order valence-electron chi connectivity index (χ0n) is 16.5. The minimum atomic E-state index is -5.23. The summed E-state index contributed by atoms with van der Waals surface area (Å²) in [5.74, 6) is -3.12. The number of sulfonamides is 1. The van der Waals surface area contributed by atoms with E-state index in [1.54, 1.807) is 0 Å². The van der Waals surface area contributed by atoms with E-state index < -0.39 is 75.2 Å². The molecule has 0 spiro atoms. The molecule has 0 aromatic heterocycles. The van der Waals surface area contributed by atoms with Gasteiger partial charge >= 0.3 is 18.1 Å². The average Bonchev–Trinajstić information content (AvgIpc) is 2.67. The predicted octanol–water partition coefficient (Wildman–Crippen LogP) is 1.70. The second-order valence-electron chi connectivity index (χ2n) is 6.77. The van der Waals surface area contributed by atoms with Crippen LogP contribution in [0.25, 0.3) is 0 Å². The molecule has 1 saturated heterocycles. The Hall–Kier alpha value is -2.74. The number of ether oxygens (including phenoxy) is 1. The van der Waals surface area contributed by atoms with Crippen LogP contribution in [0.5, 0.6) is 0 Å². The molecule has 1 aromatic rings. The van der Waals surface area contributed by atoms with E-state index in [4.69, 9.17) is 4.74 Å². The molecule has 1 fully saturated rings. The highest BCUT2D eigenvalue weighted by atomic mass is 32.2. The van der Waals surface area contributed by atoms with Crippen LogP contribution in [0.1, 0.15) is 20.3 Å². The fourth-order valence-corrected chi connectivity index (χ4v) is 5.12. The maximum absolute atomic E-state index is 13.1. The van der Waals surface area contributed by atoms with Crippen molar-refractivity contribution in [3.8, 4) is 0 Å². The fourth-order valence-electron chi connectivity index (χ4n) is 3.30. The van der Waals surface area contributed by atoms with Gasteiger partial charge in [-0.3, -0.25) is 19.7 Å². The summed E-state index contributed by atoms with van der Waals surface area (Å²) in [5.41, 5.74) is -0.703. The molecular weight excluding hydrogens is 447 g/mol. The van der Waals surface area contributed by atoms with Gasteiger partial charge in [0.15, 0.2) is 4.90 Å². The summed E-state index contributed by atoms with van der Waals surface area (Å²) in [6.07, 6.45) is -5.91. The van der Waals surface area contributed by atoms with Crippen molar-refractivity contribution in [2.75, 3.05) is 19.7 Å². The first kappa shape index (κ1) is 24.5. The van der Waals surface area contributed by atoms with E-state index >= 15 is 0 Å². The number of nitro groups is 1. The fraction of sp³-hybridized carbons (Fsp3) is 0.529. The molecular formula is C17H20F3N3O7S. The Morgan fingerprint density at radius 3 is 2.42 bits per heavy atom. The van der Waals surface area contributed by atoms with Gasteiger partial charge in [0, 0.05) is 25.2 Å². The highest BCUT2D eigenvalue weighted by Crippen LogP contribution is 2.32. The maximum atomic E-state index is 13.1. The van der Waals surface area contributed by atoms with Gasteiger partial charge in [-0.25, -0.2) is 8.42 Å². The lowest BCUT2D eigenvalue weighted by molar-refractivity contribution is -0.387. The zero-order chi connectivity index (χ0) is 23.6. The quantitative estimate of drug-likeness (QED) is 0.354. The number of alkyl halides is 3. The van der Waals surface area contributed by atoms with Crippen molar-refractivity contribution < 1.29 is 40.8 Å². The van der Waals surface area contributed by atoms with Gasteiger partial charge in [0.1, 0.15) is 0 Å². The molecule has 31 heavy (non-hydrogen) atoms. The van der Waals surface area contributed by atoms with Gasteiger partial charge in [0.25, 0.3) is 5.69 Å². The highest BCUT2D eigenvalue weighted by molar-refractivity contribution is 7.89. The molecule has 1 heterocycles. The standard InChI is InChI=1S/C17H20F3N3O7S/c1-3-30-15(24)8-12-10-22(11(2)9-21(12)16(25)17(18,19)20)31(28,29)14-7-5-4-6-13(14)23(26)27/h4-7,11-12H,3,8-10H2,1-2H3/t11-,12+/m1/s1. The SMILES string of the molecule is CCOC(=O)C[C@H]1CN(S(=O)(=O)c2ccccc2[N+](=O)[O-])[C@H](C)CN1C(=O)C(F)(F)F. The lowest BCUT2D eigenvalue weighted by atomic mass is 10.1. The third-order valence-corrected chi connectivity index (χ3v) is 6.67. The molecule has 1 aliphatic rings. The van der Waals surface area contributed by atoms with Crippen LogP contribution in [-0.2, 0) is 24.3 Å². The number of nitro benzene ring substituents is 1. The van der Waals surface area contributed by atoms with E-state index in [9.17, 15) is 41.3 Å². The number of hydrogen-bond acceptors (Lipinski definition) is 7. The molecule has 0 radical (unpaired) electrons. The molecule has 0 aliphatic carbocycles. The Morgan fingerprint density at radius 2 is 1.87 bits per heavy atom. The zero-order valence-corrected chi connectivity index (χ0v) is 17.4. The number of para-hydroxylation sites is 1. The van der Waals surface area contributed by atoms with Crippen LogP contribution < -0.4 is 0 Å². The molecule has 10 nitrogen and oxygen atoms in total. The summed E-state index contributed by atoms with van der Waals surface area (Å²) in [6, 6.07) is 1.91. The Balaban J connectivity index is 2.46. The van der Waals surface area contributed by atoms with Gasteiger partial charge in [-0.1, -0.05) is 12.1 Å². The lowest BCUT2D eigenvalue weighted by Gasteiger charge is -2.44. The maximum Gasteiger partial charge on any atom is 0.471 e. The summed E-state index contributed by atoms with van der Waals surface area (Å²) in [5, 5.41) is 11.2. The summed E-state index contributed by atoms with van der Waals surface area (Å²) in [7, 11) is -4.53. The molecule has 0 bridgehead atoms. The monoisotopic (exact) mass is 467 g/mol. The molecule has 1 aromatic carbocycles. The predicted molar refractivity (Wildman–Crippen MR) is 99.3 cm³/mol. The van der Waals surface area contributed by atoms with E-state index in [2.05, 4.69) is 0 Å². The van der Waals surface area contributed by atoms with E-state index in [0.29, 0.717) is 4.90 Å². The summed E-state index contributed by atoms with van der Waals surface area (Å²) < 4.78 is 70.9. The van der Waals surface area contributed by atoms with Crippen molar-refractivity contribution in [2.45, 2.75) is 43.4 Å². The normalized spacial score (nSPS) is 20.4. The second kappa shape index (κ2) is 9.18. The van der Waals surface area contributed by atoms with Crippen LogP contribution in [-0.4, -0.2) is 72.4 Å². The first-order valence-corrected chi connectivity index (χ1v) is 10.5. The number of halogens is 3. The summed E-state index contributed by atoms with van der Waals surface area (Å²) >= 11 is 0. The van der Waals surface area contributed by atoms with Crippen molar-refractivity contribution in [2.24, 2.45) is 0 Å². The number of carbonyl (C=O) groups excluding carboxylic acids is 2. The van der Waals surface area contributed by atoms with E-state index in [-0.39, 0.29) is 6.61 Å². The minimum absolute atomic E-state index is 0.0621. The van der Waals surface area contributed by atoms with Crippen LogP contribution in [0.3, 0.4) is 0 Å². The molecule has 1 aliphatic heterocycles. The van der Waals surface area contributed by atoms with E-state index in [1.165, 1.54) is 26.0 Å². The van der Waals surface area contributed by atoms with Crippen molar-refractivity contribution in [1.29, 1.82) is 0 Å². The van der Waals surface area contributed by atoms with Gasteiger partial charge in [0.05, 0.1) is 24.0 Å². The van der Waals surface area contributed by atoms with Crippen molar-refractivity contribution in [3.05, 3.63) is 34.4 Å². The molecule has 2 atom stereocenters. The minimum Gasteiger partial charge on any atom is -0.466 e. The van der Waals surface area contributed by atoms with Crippen LogP contribution in [0.4, 0.5) is 18.9 Å². The molecule has 1 amide bonds. The Bertz CT molecular complexity index is 968. The number of piperazine rings is 1. The third kappa shape index (κ3) is 5.31. The largest absolute Gasteiger partial charge is 0.471 e. The Morgan fingerprint density at radius 1 is 1.26 bits per heavy atom. The smallest absolute Gasteiger partial charge is 0.466 e. The molecule has 0 saturated carbocycles. The first-order valence-electron chi connectivity index (χ1n) is 9.09. The van der Waals surface area contributed by atoms with Gasteiger partial charge in [-0.05, 0) is 19.9 Å². The number of carbonyl (C=O) groups is 2. The Labute approximate surface area is 175 Å². The molecule has 0 unspecified atom stereocenters. The number of esters is 1. The van der Waals surface area contributed by atoms with Gasteiger partial charge in [-0.2, -0.15) is 17.5 Å². The lowest BCUT2D eigenvalue weighted by Crippen LogP contribution is -2.62. The molecule has 14 heteroatoms. The molecule has 0 N–H and O–H groups in total. The number of nitrogens with zero attached hydrogens (tertiary/aromatic N) is 3. The van der Waals surface area contributed by atoms with Crippen LogP contribution in [0, 0.1) is 10.1 Å². The second-order valence-corrected chi connectivity index (χ2v) is 8.63. The van der Waals surface area contributed by atoms with Crippen LogP contribution in [0.15, 0.2) is 29.2 Å². The van der Waals surface area contributed by atoms with Gasteiger partial charge in [-0.15, -0.1) is 0 Å². The van der Waals surface area contributed by atoms with E-state index in [0.717, 1.165) is 16.4 Å². The number of hydrogen-bond donors (Lipinski definition) is 0. The number of rotatable bonds is 6. The number of amides is 1. The Kier molecular flexibility index (Phi) is 7.26. The van der Waals surface area contributed by atoms with Crippen molar-refractivity contribution in [3.63, 3.8) is 0 Å². The topological polar surface area (TPSA) is 127 Å². The van der Waals surface area contributed by atoms with Gasteiger partial charge in [0.2, 0.25) is 10.0 Å². The highest BCUT2D eigenvalue weighted by Gasteiger charge is 2.50. The van der Waals surface area contributed by atoms with Crippen LogP contribution >= 0.6 is 0 Å².